The maximum atomic E-state index is 12.9. The van der Waals surface area contributed by atoms with Gasteiger partial charge >= 0.3 is 0 Å². The van der Waals surface area contributed by atoms with Crippen LogP contribution in [0.4, 0.5) is 8.78 Å². The molecule has 0 amide bonds. The molecule has 0 bridgehead atoms. The second-order valence-corrected chi connectivity index (χ2v) is 4.36. The molecule has 0 aliphatic carbocycles. The third kappa shape index (κ3) is 4.92. The number of piperidine rings is 1. The summed E-state index contributed by atoms with van der Waals surface area (Å²) < 4.78 is 25.8. The van der Waals surface area contributed by atoms with E-state index in [2.05, 4.69) is 18.7 Å². The van der Waals surface area contributed by atoms with Crippen LogP contribution in [-0.2, 0) is 0 Å². The molecule has 0 aromatic carbocycles. The summed E-state index contributed by atoms with van der Waals surface area (Å²) in [6, 6.07) is 0.492. The lowest BCUT2D eigenvalue weighted by Gasteiger charge is -2.36. The fourth-order valence-corrected chi connectivity index (χ4v) is 1.92. The molecule has 1 aliphatic rings. The largest absolute Gasteiger partial charge is 0.301 e. The molecule has 0 aromatic rings. The van der Waals surface area contributed by atoms with Gasteiger partial charge in [-0.25, -0.2) is 8.78 Å². The summed E-state index contributed by atoms with van der Waals surface area (Å²) in [5.41, 5.74) is 0. The predicted molar refractivity (Wildman–Crippen MR) is 61.4 cm³/mol. The van der Waals surface area contributed by atoms with Gasteiger partial charge in [-0.3, -0.25) is 0 Å². The number of hydrogen-bond donors (Lipinski definition) is 0. The van der Waals surface area contributed by atoms with E-state index >= 15 is 0 Å². The van der Waals surface area contributed by atoms with Gasteiger partial charge in [-0.15, -0.1) is 0 Å². The van der Waals surface area contributed by atoms with Crippen LogP contribution in [0.15, 0.2) is 0 Å². The van der Waals surface area contributed by atoms with E-state index in [0.717, 1.165) is 20.0 Å². The van der Waals surface area contributed by atoms with Crippen LogP contribution >= 0.6 is 0 Å². The molecule has 0 spiro atoms. The van der Waals surface area contributed by atoms with E-state index in [4.69, 9.17) is 0 Å². The van der Waals surface area contributed by atoms with Gasteiger partial charge in [0.2, 0.25) is 5.92 Å². The first-order chi connectivity index (χ1) is 6.91. The van der Waals surface area contributed by atoms with Crippen molar-refractivity contribution in [1.29, 1.82) is 0 Å². The molecule has 1 nitrogen and oxygen atoms in total. The van der Waals surface area contributed by atoms with Crippen LogP contribution in [0.3, 0.4) is 0 Å². The third-order valence-corrected chi connectivity index (χ3v) is 2.98. The van der Waals surface area contributed by atoms with Gasteiger partial charge in [0.15, 0.2) is 0 Å². The summed E-state index contributed by atoms with van der Waals surface area (Å²) in [4.78, 5) is 2.27. The van der Waals surface area contributed by atoms with E-state index in [-0.39, 0.29) is 0 Å². The zero-order valence-electron chi connectivity index (χ0n) is 10.7. The van der Waals surface area contributed by atoms with Crippen LogP contribution in [0.1, 0.15) is 47.5 Å². The molecule has 1 heterocycles. The Morgan fingerprint density at radius 2 is 1.53 bits per heavy atom. The van der Waals surface area contributed by atoms with Gasteiger partial charge in [0.25, 0.3) is 0 Å². The molecule has 1 aliphatic heterocycles. The molecular weight excluding hydrogens is 196 g/mol. The Bertz CT molecular complexity index is 155. The lowest BCUT2D eigenvalue weighted by molar-refractivity contribution is -0.0644. The topological polar surface area (TPSA) is 3.24 Å². The smallest absolute Gasteiger partial charge is 0.248 e. The van der Waals surface area contributed by atoms with Crippen LogP contribution in [-0.4, -0.2) is 30.0 Å². The molecule has 0 radical (unpaired) electrons. The highest BCUT2D eigenvalue weighted by molar-refractivity contribution is 4.80. The van der Waals surface area contributed by atoms with Crippen molar-refractivity contribution in [2.24, 2.45) is 5.92 Å². The maximum Gasteiger partial charge on any atom is 0.248 e. The van der Waals surface area contributed by atoms with E-state index in [1.807, 2.05) is 13.8 Å². The molecule has 0 unspecified atom stereocenters. The second-order valence-electron chi connectivity index (χ2n) is 4.36. The quantitative estimate of drug-likeness (QED) is 0.685. The second kappa shape index (κ2) is 6.41. The van der Waals surface area contributed by atoms with Crippen molar-refractivity contribution < 1.29 is 8.78 Å². The zero-order chi connectivity index (χ0) is 12.1. The van der Waals surface area contributed by atoms with E-state index in [9.17, 15) is 8.78 Å². The van der Waals surface area contributed by atoms with Crippen molar-refractivity contribution in [2.45, 2.75) is 59.4 Å². The highest BCUT2D eigenvalue weighted by atomic mass is 19.3. The van der Waals surface area contributed by atoms with Gasteiger partial charge in [0.1, 0.15) is 0 Å². The number of likely N-dealkylation sites (tertiary alicyclic amines) is 1. The number of nitrogens with zero attached hydrogens (tertiary/aromatic N) is 1. The minimum Gasteiger partial charge on any atom is -0.301 e. The lowest BCUT2D eigenvalue weighted by Crippen LogP contribution is -2.42. The van der Waals surface area contributed by atoms with Gasteiger partial charge in [-0.1, -0.05) is 13.8 Å². The van der Waals surface area contributed by atoms with Crippen molar-refractivity contribution in [3.63, 3.8) is 0 Å². The molecule has 1 rings (SSSR count). The lowest BCUT2D eigenvalue weighted by atomic mass is 9.91. The minimum absolute atomic E-state index is 0.400. The van der Waals surface area contributed by atoms with Crippen molar-refractivity contribution in [3.8, 4) is 0 Å². The Balaban J connectivity index is 0.000000921. The Morgan fingerprint density at radius 1 is 1.13 bits per heavy atom. The summed E-state index contributed by atoms with van der Waals surface area (Å²) in [6.07, 6.45) is 1.28. The molecular formula is C12H25F2N. The molecule has 3 heteroatoms. The van der Waals surface area contributed by atoms with E-state index in [1.165, 1.54) is 0 Å². The average molecular weight is 221 g/mol. The Kier molecular flexibility index (Phi) is 6.34. The summed E-state index contributed by atoms with van der Waals surface area (Å²) in [6.45, 7) is 10.9. The summed E-state index contributed by atoms with van der Waals surface area (Å²) in [5.74, 6) is -2.88. The Labute approximate surface area is 92.8 Å². The van der Waals surface area contributed by atoms with E-state index < -0.39 is 11.8 Å². The standard InChI is InChI=1S/C10H19F2N.C2H6/c1-8(2)13-6-4-9(5-7-13)10(3,11)12;1-2/h8-9H,4-7H2,1-3H3;1-2H3. The van der Waals surface area contributed by atoms with Crippen molar-refractivity contribution in [3.05, 3.63) is 0 Å². The monoisotopic (exact) mass is 221 g/mol. The predicted octanol–water partition coefficient (Wildman–Crippen LogP) is 3.79. The highest BCUT2D eigenvalue weighted by Gasteiger charge is 2.36. The van der Waals surface area contributed by atoms with Crippen LogP contribution in [0.5, 0.6) is 0 Å². The summed E-state index contributed by atoms with van der Waals surface area (Å²) in [7, 11) is 0. The molecule has 0 N–H and O–H groups in total. The van der Waals surface area contributed by atoms with Crippen molar-refractivity contribution >= 4 is 0 Å². The van der Waals surface area contributed by atoms with Crippen molar-refractivity contribution in [2.75, 3.05) is 13.1 Å². The fraction of sp³-hybridized carbons (Fsp3) is 1.00. The zero-order valence-corrected chi connectivity index (χ0v) is 10.7. The first-order valence-electron chi connectivity index (χ1n) is 6.03. The van der Waals surface area contributed by atoms with Crippen LogP contribution in [0.2, 0.25) is 0 Å². The molecule has 0 atom stereocenters. The SMILES string of the molecule is CC.CC(C)N1CCC(C(C)(F)F)CC1. The number of alkyl halides is 2. The van der Waals surface area contributed by atoms with Crippen LogP contribution in [0.25, 0.3) is 0 Å². The Hall–Kier alpha value is -0.180. The van der Waals surface area contributed by atoms with Crippen molar-refractivity contribution in [1.82, 2.24) is 4.90 Å². The first kappa shape index (κ1) is 14.8. The number of halogens is 2. The van der Waals surface area contributed by atoms with Gasteiger partial charge < -0.3 is 4.90 Å². The van der Waals surface area contributed by atoms with Gasteiger partial charge in [0.05, 0.1) is 0 Å². The molecule has 92 valence electrons. The van der Waals surface area contributed by atoms with E-state index in [1.54, 1.807) is 0 Å². The molecule has 15 heavy (non-hydrogen) atoms. The Morgan fingerprint density at radius 3 is 1.80 bits per heavy atom. The average Bonchev–Trinajstić information content (AvgIpc) is 2.20. The molecule has 1 saturated heterocycles. The molecule has 0 saturated carbocycles. The van der Waals surface area contributed by atoms with Crippen LogP contribution < -0.4 is 0 Å². The maximum absolute atomic E-state index is 12.9. The molecule has 0 aromatic heterocycles. The number of rotatable bonds is 2. The summed E-state index contributed by atoms with van der Waals surface area (Å²) >= 11 is 0. The molecule has 1 fully saturated rings. The van der Waals surface area contributed by atoms with Crippen LogP contribution in [0, 0.1) is 5.92 Å². The van der Waals surface area contributed by atoms with Gasteiger partial charge in [-0.05, 0) is 46.7 Å². The first-order valence-corrected chi connectivity index (χ1v) is 6.03. The minimum atomic E-state index is -2.48. The fourth-order valence-electron chi connectivity index (χ4n) is 1.92. The third-order valence-electron chi connectivity index (χ3n) is 2.98. The normalized spacial score (nSPS) is 20.0. The summed E-state index contributed by atoms with van der Waals surface area (Å²) in [5, 5.41) is 0. The van der Waals surface area contributed by atoms with E-state index in [0.29, 0.717) is 18.9 Å². The van der Waals surface area contributed by atoms with Gasteiger partial charge in [-0.2, -0.15) is 0 Å². The van der Waals surface area contributed by atoms with Gasteiger partial charge in [0, 0.05) is 12.0 Å². The number of hydrogen-bond acceptors (Lipinski definition) is 1. The highest BCUT2D eigenvalue weighted by Crippen LogP contribution is 2.32.